The smallest absolute Gasteiger partial charge is 0.243 e. The molecule has 1 saturated heterocycles. The van der Waals surface area contributed by atoms with Gasteiger partial charge in [0.2, 0.25) is 5.91 Å². The number of morpholine rings is 1. The summed E-state index contributed by atoms with van der Waals surface area (Å²) in [5.41, 5.74) is 2.77. The maximum absolute atomic E-state index is 13.2. The molecule has 1 heterocycles. The third-order valence-electron chi connectivity index (χ3n) is 4.63. The minimum Gasteiger partial charge on any atom is -0.370 e. The van der Waals surface area contributed by atoms with Gasteiger partial charge in [0.15, 0.2) is 5.96 Å². The number of nitrogens with one attached hydrogen (secondary N) is 2. The molecule has 0 aliphatic carbocycles. The van der Waals surface area contributed by atoms with Crippen molar-refractivity contribution in [1.29, 1.82) is 0 Å². The average Bonchev–Trinajstić information content (AvgIpc) is 2.69. The first-order valence-corrected chi connectivity index (χ1v) is 9.25. The number of halogens is 1. The molecule has 1 atom stereocenters. The summed E-state index contributed by atoms with van der Waals surface area (Å²) >= 11 is 0. The number of ether oxygens (including phenoxy) is 1. The first kappa shape index (κ1) is 19.8. The summed E-state index contributed by atoms with van der Waals surface area (Å²) in [7, 11) is 1.69. The van der Waals surface area contributed by atoms with Crippen LogP contribution in [0.1, 0.15) is 17.2 Å². The molecule has 0 aromatic heterocycles. The van der Waals surface area contributed by atoms with E-state index in [9.17, 15) is 9.18 Å². The summed E-state index contributed by atoms with van der Waals surface area (Å²) in [5, 5.41) is 5.74. The van der Waals surface area contributed by atoms with Crippen LogP contribution in [-0.4, -0.2) is 50.1 Å². The summed E-state index contributed by atoms with van der Waals surface area (Å²) in [5.74, 6) is -0.0242. The lowest BCUT2D eigenvalue weighted by atomic mass is 10.0. The van der Waals surface area contributed by atoms with Crippen LogP contribution in [0, 0.1) is 12.7 Å². The van der Waals surface area contributed by atoms with Gasteiger partial charge in [0.25, 0.3) is 0 Å². The lowest BCUT2D eigenvalue weighted by Crippen LogP contribution is -2.49. The van der Waals surface area contributed by atoms with Gasteiger partial charge in [-0.1, -0.05) is 30.3 Å². The van der Waals surface area contributed by atoms with Crippen molar-refractivity contribution < 1.29 is 13.9 Å². The Kier molecular flexibility index (Phi) is 6.60. The number of carbonyl (C=O) groups excluding carboxylic acids is 1. The number of aliphatic imine (C=N–C) groups is 1. The van der Waals surface area contributed by atoms with Gasteiger partial charge in [-0.25, -0.2) is 4.39 Å². The van der Waals surface area contributed by atoms with E-state index in [2.05, 4.69) is 39.6 Å². The minimum absolute atomic E-state index is 0.0373. The van der Waals surface area contributed by atoms with E-state index in [0.29, 0.717) is 31.3 Å². The molecule has 2 aromatic carbocycles. The molecule has 6 nitrogen and oxygen atoms in total. The molecule has 2 N–H and O–H groups in total. The van der Waals surface area contributed by atoms with Crippen molar-refractivity contribution in [3.05, 3.63) is 65.5 Å². The van der Waals surface area contributed by atoms with Gasteiger partial charge in [-0.15, -0.1) is 0 Å². The Balaban J connectivity index is 1.57. The summed E-state index contributed by atoms with van der Waals surface area (Å²) < 4.78 is 19.2. The van der Waals surface area contributed by atoms with Gasteiger partial charge in [0, 0.05) is 19.3 Å². The monoisotopic (exact) mass is 384 g/mol. The standard InChI is InChI=1S/C21H25FN4O2/c1-15-6-3-4-9-18(15)19-14-26(10-11-28-19)21(23-2)24-13-20(27)25-17-8-5-7-16(22)12-17/h3-9,12,19H,10-11,13-14H2,1-2H3,(H,23,24)(H,25,27). The highest BCUT2D eigenvalue weighted by atomic mass is 19.1. The lowest BCUT2D eigenvalue weighted by Gasteiger charge is -2.35. The molecule has 148 valence electrons. The second-order valence-electron chi connectivity index (χ2n) is 6.62. The third kappa shape index (κ3) is 5.07. The largest absolute Gasteiger partial charge is 0.370 e. The van der Waals surface area contributed by atoms with Crippen molar-refractivity contribution in [2.45, 2.75) is 13.0 Å². The number of carbonyl (C=O) groups is 1. The minimum atomic E-state index is -0.392. The van der Waals surface area contributed by atoms with Crippen LogP contribution >= 0.6 is 0 Å². The van der Waals surface area contributed by atoms with Crippen LogP contribution in [0.3, 0.4) is 0 Å². The van der Waals surface area contributed by atoms with Crippen molar-refractivity contribution in [3.63, 3.8) is 0 Å². The van der Waals surface area contributed by atoms with Gasteiger partial charge in [0.05, 0.1) is 19.7 Å². The highest BCUT2D eigenvalue weighted by Crippen LogP contribution is 2.24. The summed E-state index contributed by atoms with van der Waals surface area (Å²) in [6.07, 6.45) is -0.0466. The Hall–Kier alpha value is -2.93. The number of aryl methyl sites for hydroxylation is 1. The molecule has 0 bridgehead atoms. The van der Waals surface area contributed by atoms with Crippen molar-refractivity contribution in [1.82, 2.24) is 10.2 Å². The predicted molar refractivity (Wildman–Crippen MR) is 108 cm³/mol. The van der Waals surface area contributed by atoms with Gasteiger partial charge in [-0.2, -0.15) is 0 Å². The van der Waals surface area contributed by atoms with Crippen LogP contribution < -0.4 is 10.6 Å². The van der Waals surface area contributed by atoms with Crippen molar-refractivity contribution in [3.8, 4) is 0 Å². The van der Waals surface area contributed by atoms with Crippen LogP contribution in [0.5, 0.6) is 0 Å². The number of hydrogen-bond donors (Lipinski definition) is 2. The number of rotatable bonds is 4. The molecule has 28 heavy (non-hydrogen) atoms. The van der Waals surface area contributed by atoms with Gasteiger partial charge in [-0.3, -0.25) is 9.79 Å². The van der Waals surface area contributed by atoms with E-state index in [1.807, 2.05) is 12.1 Å². The zero-order valence-electron chi connectivity index (χ0n) is 16.1. The van der Waals surface area contributed by atoms with Gasteiger partial charge < -0.3 is 20.3 Å². The SMILES string of the molecule is CN=C(NCC(=O)Nc1cccc(F)c1)N1CCOC(c2ccccc2C)C1. The molecule has 1 fully saturated rings. The molecular formula is C21H25FN4O2. The fraction of sp³-hybridized carbons (Fsp3) is 0.333. The maximum Gasteiger partial charge on any atom is 0.243 e. The van der Waals surface area contributed by atoms with Crippen molar-refractivity contribution in [2.75, 3.05) is 38.6 Å². The summed E-state index contributed by atoms with van der Waals surface area (Å²) in [6.45, 7) is 4.02. The fourth-order valence-electron chi connectivity index (χ4n) is 3.24. The molecule has 1 aliphatic rings. The Bertz CT molecular complexity index is 856. The molecule has 0 spiro atoms. The highest BCUT2D eigenvalue weighted by Gasteiger charge is 2.25. The number of anilines is 1. The molecule has 7 heteroatoms. The second-order valence-corrected chi connectivity index (χ2v) is 6.62. The van der Waals surface area contributed by atoms with Crippen LogP contribution in [0.15, 0.2) is 53.5 Å². The van der Waals surface area contributed by atoms with Gasteiger partial charge >= 0.3 is 0 Å². The Morgan fingerprint density at radius 3 is 2.86 bits per heavy atom. The Morgan fingerprint density at radius 1 is 1.29 bits per heavy atom. The number of amides is 1. The molecule has 1 aliphatic heterocycles. The van der Waals surface area contributed by atoms with E-state index in [4.69, 9.17) is 4.74 Å². The van der Waals surface area contributed by atoms with Crippen LogP contribution in [0.2, 0.25) is 0 Å². The van der Waals surface area contributed by atoms with Gasteiger partial charge in [0.1, 0.15) is 11.9 Å². The zero-order valence-corrected chi connectivity index (χ0v) is 16.1. The van der Waals surface area contributed by atoms with E-state index in [-0.39, 0.29) is 18.6 Å². The third-order valence-corrected chi connectivity index (χ3v) is 4.63. The van der Waals surface area contributed by atoms with Crippen LogP contribution in [0.4, 0.5) is 10.1 Å². The topological polar surface area (TPSA) is 66.0 Å². The zero-order chi connectivity index (χ0) is 19.9. The molecule has 0 saturated carbocycles. The predicted octanol–water partition coefficient (Wildman–Crippen LogP) is 2.72. The lowest BCUT2D eigenvalue weighted by molar-refractivity contribution is -0.115. The maximum atomic E-state index is 13.2. The molecule has 3 rings (SSSR count). The van der Waals surface area contributed by atoms with Crippen LogP contribution in [0.25, 0.3) is 0 Å². The van der Waals surface area contributed by atoms with Crippen molar-refractivity contribution >= 4 is 17.6 Å². The Labute approximate surface area is 164 Å². The quantitative estimate of drug-likeness (QED) is 0.628. The second kappa shape index (κ2) is 9.32. The first-order valence-electron chi connectivity index (χ1n) is 9.25. The highest BCUT2D eigenvalue weighted by molar-refractivity contribution is 5.95. The van der Waals surface area contributed by atoms with Crippen LogP contribution in [-0.2, 0) is 9.53 Å². The first-order chi connectivity index (χ1) is 13.6. The summed E-state index contributed by atoms with van der Waals surface area (Å²) in [4.78, 5) is 18.5. The molecule has 1 unspecified atom stereocenters. The van der Waals surface area contributed by atoms with E-state index in [1.165, 1.54) is 17.7 Å². The number of nitrogens with zero attached hydrogens (tertiary/aromatic N) is 2. The normalized spacial score (nSPS) is 17.3. The van der Waals surface area contributed by atoms with Gasteiger partial charge in [-0.05, 0) is 36.2 Å². The van der Waals surface area contributed by atoms with E-state index >= 15 is 0 Å². The fourth-order valence-corrected chi connectivity index (χ4v) is 3.24. The average molecular weight is 384 g/mol. The molecule has 1 amide bonds. The number of hydrogen-bond acceptors (Lipinski definition) is 3. The molecular weight excluding hydrogens is 359 g/mol. The summed E-state index contributed by atoms with van der Waals surface area (Å²) in [6, 6.07) is 14.0. The van der Waals surface area contributed by atoms with E-state index in [0.717, 1.165) is 5.56 Å². The van der Waals surface area contributed by atoms with E-state index in [1.54, 1.807) is 19.2 Å². The van der Waals surface area contributed by atoms with Crippen molar-refractivity contribution in [2.24, 2.45) is 4.99 Å². The Morgan fingerprint density at radius 2 is 2.11 bits per heavy atom. The van der Waals surface area contributed by atoms with E-state index < -0.39 is 5.82 Å². The number of guanidine groups is 1. The molecule has 0 radical (unpaired) electrons. The molecule has 2 aromatic rings. The number of benzene rings is 2.